The highest BCUT2D eigenvalue weighted by Gasteiger charge is 2.03. The molecule has 0 spiro atoms. The van der Waals surface area contributed by atoms with E-state index in [0.29, 0.717) is 19.4 Å². The van der Waals surface area contributed by atoms with Crippen LogP contribution in [0.1, 0.15) is 31.2 Å². The zero-order chi connectivity index (χ0) is 14.1. The molecule has 2 N–H and O–H groups in total. The van der Waals surface area contributed by atoms with Gasteiger partial charge in [-0.1, -0.05) is 34.5 Å². The molecule has 0 aliphatic rings. The van der Waals surface area contributed by atoms with Crippen molar-refractivity contribution in [3.8, 4) is 0 Å². The van der Waals surface area contributed by atoms with E-state index < -0.39 is 5.97 Å². The molecule has 0 fully saturated rings. The largest absolute Gasteiger partial charge is 0.481 e. The van der Waals surface area contributed by atoms with Crippen LogP contribution in [0.3, 0.4) is 0 Å². The molecule has 0 saturated carbocycles. The molecule has 1 aromatic rings. The van der Waals surface area contributed by atoms with Crippen LogP contribution < -0.4 is 5.32 Å². The fourth-order valence-electron chi connectivity index (χ4n) is 1.70. The maximum Gasteiger partial charge on any atom is 0.303 e. The number of benzene rings is 1. The number of hydrogen-bond acceptors (Lipinski definition) is 2. The monoisotopic (exact) mass is 327 g/mol. The fraction of sp³-hybridized carbons (Fsp3) is 0.429. The summed E-state index contributed by atoms with van der Waals surface area (Å²) in [4.78, 5) is 21.9. The van der Waals surface area contributed by atoms with E-state index in [0.717, 1.165) is 22.9 Å². The third-order valence-electron chi connectivity index (χ3n) is 2.64. The first-order valence-electron chi connectivity index (χ1n) is 6.31. The van der Waals surface area contributed by atoms with Gasteiger partial charge in [-0.15, -0.1) is 0 Å². The summed E-state index contributed by atoms with van der Waals surface area (Å²) in [7, 11) is 0. The van der Waals surface area contributed by atoms with Crippen molar-refractivity contribution in [1.29, 1.82) is 0 Å². The van der Waals surface area contributed by atoms with Crippen LogP contribution in [0, 0.1) is 0 Å². The average molecular weight is 328 g/mol. The van der Waals surface area contributed by atoms with Crippen molar-refractivity contribution in [2.24, 2.45) is 0 Å². The van der Waals surface area contributed by atoms with Gasteiger partial charge in [0, 0.05) is 17.4 Å². The van der Waals surface area contributed by atoms with Gasteiger partial charge in [0.2, 0.25) is 5.91 Å². The van der Waals surface area contributed by atoms with E-state index in [2.05, 4.69) is 21.2 Å². The molecule has 19 heavy (non-hydrogen) atoms. The van der Waals surface area contributed by atoms with Crippen LogP contribution in [0.15, 0.2) is 28.7 Å². The zero-order valence-electron chi connectivity index (χ0n) is 10.7. The topological polar surface area (TPSA) is 66.4 Å². The summed E-state index contributed by atoms with van der Waals surface area (Å²) in [5.74, 6) is -0.768. The second-order valence-electron chi connectivity index (χ2n) is 4.36. The lowest BCUT2D eigenvalue weighted by Gasteiger charge is -2.05. The average Bonchev–Trinajstić information content (AvgIpc) is 2.33. The van der Waals surface area contributed by atoms with Gasteiger partial charge in [-0.05, 0) is 30.5 Å². The van der Waals surface area contributed by atoms with Crippen molar-refractivity contribution in [3.05, 3.63) is 34.3 Å². The number of carbonyl (C=O) groups is 2. The number of nitrogens with one attached hydrogen (secondary N) is 1. The normalized spacial score (nSPS) is 10.2. The van der Waals surface area contributed by atoms with Gasteiger partial charge in [-0.25, -0.2) is 0 Å². The number of amides is 1. The number of carboxylic acid groups (broad SMARTS) is 1. The minimum Gasteiger partial charge on any atom is -0.481 e. The third kappa shape index (κ3) is 7.62. The molecule has 0 heterocycles. The molecule has 0 atom stereocenters. The maximum absolute atomic E-state index is 11.6. The Labute approximate surface area is 121 Å². The second kappa shape index (κ2) is 8.69. The maximum atomic E-state index is 11.6. The van der Waals surface area contributed by atoms with E-state index in [1.165, 1.54) is 0 Å². The summed E-state index contributed by atoms with van der Waals surface area (Å²) in [6.45, 7) is 0.604. The highest BCUT2D eigenvalue weighted by Crippen LogP contribution is 2.11. The summed E-state index contributed by atoms with van der Waals surface area (Å²) in [5.41, 5.74) is 0.970. The van der Waals surface area contributed by atoms with Gasteiger partial charge in [-0.3, -0.25) is 9.59 Å². The number of unbranched alkanes of at least 4 members (excludes halogenated alkanes) is 2. The summed E-state index contributed by atoms with van der Waals surface area (Å²) in [6.07, 6.45) is 2.87. The first-order chi connectivity index (χ1) is 9.08. The molecule has 0 unspecified atom stereocenters. The zero-order valence-corrected chi connectivity index (χ0v) is 12.3. The Hall–Kier alpha value is -1.36. The Balaban J connectivity index is 2.13. The highest BCUT2D eigenvalue weighted by molar-refractivity contribution is 9.10. The molecule has 104 valence electrons. The van der Waals surface area contributed by atoms with E-state index in [4.69, 9.17) is 5.11 Å². The lowest BCUT2D eigenvalue weighted by atomic mass is 10.1. The minimum absolute atomic E-state index is 0.00339. The van der Waals surface area contributed by atoms with Crippen molar-refractivity contribution in [1.82, 2.24) is 5.32 Å². The molecular formula is C14H18BrNO3. The minimum atomic E-state index is -0.765. The lowest BCUT2D eigenvalue weighted by molar-refractivity contribution is -0.137. The van der Waals surface area contributed by atoms with Crippen molar-refractivity contribution < 1.29 is 14.7 Å². The Morgan fingerprint density at radius 2 is 2.00 bits per heavy atom. The number of carbonyl (C=O) groups excluding carboxylic acids is 1. The Kier molecular flexibility index (Phi) is 7.18. The van der Waals surface area contributed by atoms with Crippen molar-refractivity contribution >= 4 is 27.8 Å². The van der Waals surface area contributed by atoms with Crippen molar-refractivity contribution in [3.63, 3.8) is 0 Å². The van der Waals surface area contributed by atoms with E-state index >= 15 is 0 Å². The summed E-state index contributed by atoms with van der Waals surface area (Å²) < 4.78 is 0.964. The molecule has 0 aliphatic heterocycles. The summed E-state index contributed by atoms with van der Waals surface area (Å²) in [5, 5.41) is 11.3. The van der Waals surface area contributed by atoms with Gasteiger partial charge in [0.25, 0.3) is 0 Å². The van der Waals surface area contributed by atoms with E-state index in [-0.39, 0.29) is 12.3 Å². The van der Waals surface area contributed by atoms with Crippen LogP contribution in [0.5, 0.6) is 0 Å². The van der Waals surface area contributed by atoms with Gasteiger partial charge in [0.05, 0.1) is 6.42 Å². The van der Waals surface area contributed by atoms with Gasteiger partial charge in [-0.2, -0.15) is 0 Å². The highest BCUT2D eigenvalue weighted by atomic mass is 79.9. The van der Waals surface area contributed by atoms with Crippen LogP contribution in [-0.4, -0.2) is 23.5 Å². The summed E-state index contributed by atoms with van der Waals surface area (Å²) in [6, 6.07) is 7.66. The van der Waals surface area contributed by atoms with Gasteiger partial charge in [0.1, 0.15) is 0 Å². The van der Waals surface area contributed by atoms with Crippen LogP contribution >= 0.6 is 15.9 Å². The van der Waals surface area contributed by atoms with Crippen molar-refractivity contribution in [2.75, 3.05) is 6.54 Å². The Morgan fingerprint density at radius 3 is 2.68 bits per heavy atom. The molecule has 0 saturated heterocycles. The first kappa shape index (κ1) is 15.7. The molecule has 5 heteroatoms. The molecule has 0 aromatic heterocycles. The number of hydrogen-bond donors (Lipinski definition) is 2. The van der Waals surface area contributed by atoms with Crippen LogP contribution in [0.2, 0.25) is 0 Å². The van der Waals surface area contributed by atoms with Crippen LogP contribution in [-0.2, 0) is 16.0 Å². The number of halogens is 1. The van der Waals surface area contributed by atoms with E-state index in [9.17, 15) is 9.59 Å². The van der Waals surface area contributed by atoms with Gasteiger partial charge >= 0.3 is 5.97 Å². The quantitative estimate of drug-likeness (QED) is 0.721. The smallest absolute Gasteiger partial charge is 0.303 e. The molecule has 0 aliphatic carbocycles. The van der Waals surface area contributed by atoms with Crippen LogP contribution in [0.25, 0.3) is 0 Å². The SMILES string of the molecule is O=C(O)CCCCCNC(=O)Cc1cccc(Br)c1. The predicted octanol–water partition coefficient (Wildman–Crippen LogP) is 2.75. The molecule has 0 radical (unpaired) electrons. The first-order valence-corrected chi connectivity index (χ1v) is 7.10. The molecule has 0 bridgehead atoms. The Bertz CT molecular complexity index is 434. The Morgan fingerprint density at radius 1 is 1.21 bits per heavy atom. The lowest BCUT2D eigenvalue weighted by Crippen LogP contribution is -2.26. The van der Waals surface area contributed by atoms with E-state index in [1.54, 1.807) is 0 Å². The predicted molar refractivity (Wildman–Crippen MR) is 77.0 cm³/mol. The number of rotatable bonds is 8. The van der Waals surface area contributed by atoms with Crippen LogP contribution in [0.4, 0.5) is 0 Å². The second-order valence-corrected chi connectivity index (χ2v) is 5.28. The van der Waals surface area contributed by atoms with Crippen molar-refractivity contribution in [2.45, 2.75) is 32.1 Å². The molecule has 4 nitrogen and oxygen atoms in total. The molecule has 1 rings (SSSR count). The van der Waals surface area contributed by atoms with Gasteiger partial charge in [0.15, 0.2) is 0 Å². The standard InChI is InChI=1S/C14H18BrNO3/c15-12-6-4-5-11(9-12)10-13(17)16-8-3-1-2-7-14(18)19/h4-6,9H,1-3,7-8,10H2,(H,16,17)(H,18,19). The number of carboxylic acids is 1. The fourth-order valence-corrected chi connectivity index (χ4v) is 2.15. The third-order valence-corrected chi connectivity index (χ3v) is 3.14. The number of aliphatic carboxylic acids is 1. The molecule has 1 aromatic carbocycles. The summed E-state index contributed by atoms with van der Waals surface area (Å²) >= 11 is 3.37. The van der Waals surface area contributed by atoms with E-state index in [1.807, 2.05) is 24.3 Å². The molecular weight excluding hydrogens is 310 g/mol. The molecule has 1 amide bonds. The van der Waals surface area contributed by atoms with Gasteiger partial charge < -0.3 is 10.4 Å².